The third kappa shape index (κ3) is 1.45. The van der Waals surface area contributed by atoms with Crippen molar-refractivity contribution in [2.45, 2.75) is 0 Å². The Balaban J connectivity index is 2.12. The van der Waals surface area contributed by atoms with E-state index in [9.17, 15) is 0 Å². The van der Waals surface area contributed by atoms with E-state index in [0.717, 1.165) is 26.2 Å². The van der Waals surface area contributed by atoms with Gasteiger partial charge in [-0.15, -0.1) is 0 Å². The zero-order chi connectivity index (χ0) is 5.11. The van der Waals surface area contributed by atoms with Gasteiger partial charge in [-0.05, 0) is 0 Å². The molecule has 0 spiro atoms. The van der Waals surface area contributed by atoms with Gasteiger partial charge in [0.25, 0.3) is 0 Å². The second-order valence-electron chi connectivity index (χ2n) is 1.74. The first-order valence-corrected chi connectivity index (χ1v) is 2.56. The molecule has 0 aromatic heterocycles. The zero-order valence-corrected chi connectivity index (χ0v) is 4.28. The number of hydrogen-bond acceptors (Lipinski definition) is 2. The van der Waals surface area contributed by atoms with Gasteiger partial charge in [0, 0.05) is 26.2 Å². The van der Waals surface area contributed by atoms with Gasteiger partial charge in [0.15, 0.2) is 0 Å². The first-order chi connectivity index (χ1) is 3.39. The van der Waals surface area contributed by atoms with E-state index < -0.39 is 0 Å². The molecule has 1 heterocycles. The van der Waals surface area contributed by atoms with E-state index in [1.807, 2.05) is 0 Å². The Kier molecular flexibility index (Phi) is 1.65. The summed E-state index contributed by atoms with van der Waals surface area (Å²) in [5.74, 6) is 0. The molecule has 0 saturated carbocycles. The summed E-state index contributed by atoms with van der Waals surface area (Å²) in [6.07, 6.45) is 0. The minimum absolute atomic E-state index is 0.875. The standard InChI is InChI=1S/C5H9N2/c1-7-4-2-6-3-5-7/h6H,2-5H2. The summed E-state index contributed by atoms with van der Waals surface area (Å²) in [5.41, 5.74) is 0. The molecule has 0 amide bonds. The van der Waals surface area contributed by atoms with E-state index in [4.69, 9.17) is 7.05 Å². The molecule has 0 atom stereocenters. The predicted octanol–water partition coefficient (Wildman–Crippen LogP) is -0.563. The normalized spacial score (nSPS) is 25.3. The van der Waals surface area contributed by atoms with Crippen molar-refractivity contribution in [1.29, 1.82) is 0 Å². The van der Waals surface area contributed by atoms with Crippen molar-refractivity contribution in [3.8, 4) is 0 Å². The Hall–Kier alpha value is -0.0800. The summed E-state index contributed by atoms with van der Waals surface area (Å²) in [6.45, 7) is 3.70. The number of piperazine rings is 1. The van der Waals surface area contributed by atoms with E-state index in [-0.39, 0.29) is 0 Å². The maximum Gasteiger partial charge on any atom is 0.0883 e. The summed E-state index contributed by atoms with van der Waals surface area (Å²) in [6, 6.07) is 0. The van der Waals surface area contributed by atoms with Crippen LogP contribution in [0.2, 0.25) is 0 Å². The fourth-order valence-electron chi connectivity index (χ4n) is 0.665. The molecule has 7 heavy (non-hydrogen) atoms. The molecule has 2 heteroatoms. The minimum Gasteiger partial charge on any atom is -0.314 e. The number of rotatable bonds is 0. The van der Waals surface area contributed by atoms with E-state index in [0.29, 0.717) is 0 Å². The summed E-state index contributed by atoms with van der Waals surface area (Å²) < 4.78 is 0. The Morgan fingerprint density at radius 2 is 1.86 bits per heavy atom. The fraction of sp³-hybridized carbons (Fsp3) is 0.800. The van der Waals surface area contributed by atoms with Crippen molar-refractivity contribution in [2.24, 2.45) is 0 Å². The van der Waals surface area contributed by atoms with Gasteiger partial charge in [-0.25, -0.2) is 0 Å². The van der Waals surface area contributed by atoms with Crippen LogP contribution in [0.15, 0.2) is 0 Å². The number of nitrogens with zero attached hydrogens (tertiary/aromatic N) is 1. The molecule has 0 bridgehead atoms. The average Bonchev–Trinajstić information content (AvgIpc) is 1.69. The van der Waals surface area contributed by atoms with Crippen LogP contribution in [0, 0.1) is 7.05 Å². The fourth-order valence-corrected chi connectivity index (χ4v) is 0.665. The van der Waals surface area contributed by atoms with E-state index in [1.165, 1.54) is 0 Å². The first-order valence-electron chi connectivity index (χ1n) is 2.56. The van der Waals surface area contributed by atoms with Crippen LogP contribution in [0.4, 0.5) is 0 Å². The van der Waals surface area contributed by atoms with Gasteiger partial charge in [0.05, 0.1) is 7.05 Å². The SMILES string of the molecule is [C]N1CCNCC1. The van der Waals surface area contributed by atoms with Gasteiger partial charge in [-0.1, -0.05) is 0 Å². The van der Waals surface area contributed by atoms with Gasteiger partial charge in [0.1, 0.15) is 0 Å². The highest BCUT2D eigenvalue weighted by atomic mass is 15.2. The summed E-state index contributed by atoms with van der Waals surface area (Å²) in [5, 5.41) is 3.15. The maximum atomic E-state index is 7.07. The Morgan fingerprint density at radius 1 is 1.29 bits per heavy atom. The predicted molar refractivity (Wildman–Crippen MR) is 27.7 cm³/mol. The van der Waals surface area contributed by atoms with Gasteiger partial charge in [0.2, 0.25) is 0 Å². The molecule has 3 radical (unpaired) electrons. The largest absolute Gasteiger partial charge is 0.314 e. The van der Waals surface area contributed by atoms with Crippen LogP contribution in [-0.2, 0) is 0 Å². The van der Waals surface area contributed by atoms with Crippen LogP contribution < -0.4 is 5.32 Å². The van der Waals surface area contributed by atoms with Crippen molar-refractivity contribution in [3.63, 3.8) is 0 Å². The smallest absolute Gasteiger partial charge is 0.0883 e. The number of hydrogen-bond donors (Lipinski definition) is 1. The quantitative estimate of drug-likeness (QED) is 0.436. The molecule has 1 rings (SSSR count). The molecule has 1 N–H and O–H groups in total. The highest BCUT2D eigenvalue weighted by Crippen LogP contribution is 1.85. The van der Waals surface area contributed by atoms with E-state index >= 15 is 0 Å². The highest BCUT2D eigenvalue weighted by molar-refractivity contribution is 4.64. The lowest BCUT2D eigenvalue weighted by Gasteiger charge is -2.20. The van der Waals surface area contributed by atoms with Gasteiger partial charge < -0.3 is 5.32 Å². The molecule has 0 aliphatic carbocycles. The molecule has 39 valence electrons. The lowest BCUT2D eigenvalue weighted by atomic mass is 10.4. The van der Waals surface area contributed by atoms with Crippen LogP contribution in [0.25, 0.3) is 0 Å². The molecule has 0 unspecified atom stereocenters. The van der Waals surface area contributed by atoms with Crippen LogP contribution in [-0.4, -0.2) is 31.1 Å². The molecule has 0 aromatic carbocycles. The van der Waals surface area contributed by atoms with Crippen molar-refractivity contribution in [3.05, 3.63) is 7.05 Å². The molecular formula is C5H9N2. The first kappa shape index (κ1) is 5.06. The lowest BCUT2D eigenvalue weighted by Crippen LogP contribution is -2.39. The topological polar surface area (TPSA) is 15.3 Å². The zero-order valence-electron chi connectivity index (χ0n) is 4.28. The molecular weight excluding hydrogens is 88.1 g/mol. The summed E-state index contributed by atoms with van der Waals surface area (Å²) in [4.78, 5) is 1.58. The highest BCUT2D eigenvalue weighted by Gasteiger charge is 2.01. The van der Waals surface area contributed by atoms with Crippen LogP contribution in [0.3, 0.4) is 0 Å². The monoisotopic (exact) mass is 97.1 g/mol. The second kappa shape index (κ2) is 2.28. The van der Waals surface area contributed by atoms with Crippen LogP contribution in [0.1, 0.15) is 0 Å². The second-order valence-corrected chi connectivity index (χ2v) is 1.74. The molecule has 1 fully saturated rings. The Labute approximate surface area is 44.5 Å². The summed E-state index contributed by atoms with van der Waals surface area (Å²) >= 11 is 0. The minimum atomic E-state index is 0.875. The van der Waals surface area contributed by atoms with Gasteiger partial charge in [-0.2, -0.15) is 0 Å². The molecule has 1 saturated heterocycles. The van der Waals surface area contributed by atoms with Crippen LogP contribution in [0.5, 0.6) is 0 Å². The van der Waals surface area contributed by atoms with Crippen molar-refractivity contribution >= 4 is 0 Å². The van der Waals surface area contributed by atoms with Gasteiger partial charge in [-0.3, -0.25) is 4.90 Å². The third-order valence-corrected chi connectivity index (χ3v) is 1.12. The molecule has 1 aliphatic rings. The maximum absolute atomic E-state index is 7.07. The van der Waals surface area contributed by atoms with Crippen LogP contribution >= 0.6 is 0 Å². The lowest BCUT2D eigenvalue weighted by molar-refractivity contribution is 0.320. The van der Waals surface area contributed by atoms with E-state index in [2.05, 4.69) is 5.32 Å². The van der Waals surface area contributed by atoms with Crippen molar-refractivity contribution < 1.29 is 0 Å². The molecule has 0 aromatic rings. The van der Waals surface area contributed by atoms with Crippen molar-refractivity contribution in [1.82, 2.24) is 10.2 Å². The molecule has 2 nitrogen and oxygen atoms in total. The molecule has 1 aliphatic heterocycles. The van der Waals surface area contributed by atoms with Gasteiger partial charge >= 0.3 is 0 Å². The van der Waals surface area contributed by atoms with E-state index in [1.54, 1.807) is 4.90 Å². The average molecular weight is 97.1 g/mol. The Morgan fingerprint density at radius 3 is 2.14 bits per heavy atom. The number of nitrogens with one attached hydrogen (secondary N) is 1. The van der Waals surface area contributed by atoms with Crippen molar-refractivity contribution in [2.75, 3.05) is 26.2 Å². The third-order valence-electron chi connectivity index (χ3n) is 1.12. The summed E-state index contributed by atoms with van der Waals surface area (Å²) in [7, 11) is 7.07. The Bertz CT molecular complexity index is 48.0.